The maximum Gasteiger partial charge on any atom is 0.405 e. The summed E-state index contributed by atoms with van der Waals surface area (Å²) in [5.41, 5.74) is 6.56. The number of morpholine rings is 1. The molecular weight excluding hydrogens is 776 g/mol. The first-order valence-electron chi connectivity index (χ1n) is 20.1. The smallest absolute Gasteiger partial charge is 0.405 e. The number of allylic oxidation sites excluding steroid dienone is 4. The Hall–Kier alpha value is -5.55. The fourth-order valence-electron chi connectivity index (χ4n) is 7.41. The topological polar surface area (TPSA) is 218 Å². The lowest BCUT2D eigenvalue weighted by Crippen LogP contribution is -2.38. The zero-order valence-corrected chi connectivity index (χ0v) is 35.0. The molecule has 16 heteroatoms. The summed E-state index contributed by atoms with van der Waals surface area (Å²) in [5, 5.41) is 17.6. The number of anilines is 1. The molecule has 1 saturated heterocycles. The van der Waals surface area contributed by atoms with Gasteiger partial charge in [0.05, 0.1) is 48.8 Å². The van der Waals surface area contributed by atoms with Gasteiger partial charge in [-0.2, -0.15) is 0 Å². The van der Waals surface area contributed by atoms with Gasteiger partial charge in [-0.15, -0.1) is 0 Å². The Morgan fingerprint density at radius 3 is 2.52 bits per heavy atom. The van der Waals surface area contributed by atoms with E-state index in [-0.39, 0.29) is 53.5 Å². The van der Waals surface area contributed by atoms with Gasteiger partial charge in [-0.1, -0.05) is 38.2 Å². The van der Waals surface area contributed by atoms with Crippen molar-refractivity contribution >= 4 is 40.4 Å². The first-order chi connectivity index (χ1) is 28.7. The van der Waals surface area contributed by atoms with Crippen molar-refractivity contribution in [1.29, 1.82) is 0 Å². The number of carbonyl (C=O) groups is 4. The van der Waals surface area contributed by atoms with Gasteiger partial charge in [0.1, 0.15) is 17.4 Å². The van der Waals surface area contributed by atoms with Crippen LogP contribution in [0.15, 0.2) is 92.0 Å². The molecule has 5 N–H and O–H groups in total. The lowest BCUT2D eigenvalue weighted by Gasteiger charge is -2.30. The molecular formula is C44H56N4O12. The number of hydrogen-bond acceptors (Lipinski definition) is 14. The van der Waals surface area contributed by atoms with Gasteiger partial charge in [0.2, 0.25) is 11.6 Å². The monoisotopic (exact) mass is 832 g/mol. The molecule has 2 aromatic rings. The van der Waals surface area contributed by atoms with E-state index in [0.717, 1.165) is 6.08 Å². The number of methoxy groups -OCH3 is 2. The Balaban J connectivity index is 1.34. The molecule has 5 rings (SSSR count). The van der Waals surface area contributed by atoms with E-state index in [1.807, 2.05) is 11.8 Å². The number of aliphatic hydroxyl groups is 1. The summed E-state index contributed by atoms with van der Waals surface area (Å²) < 4.78 is 34.2. The molecule has 2 aliphatic heterocycles. The van der Waals surface area contributed by atoms with Crippen LogP contribution < -0.4 is 31.4 Å². The number of primary amides is 1. The maximum absolute atomic E-state index is 14.1. The second-order valence-electron chi connectivity index (χ2n) is 15.3. The van der Waals surface area contributed by atoms with Crippen molar-refractivity contribution in [2.45, 2.75) is 71.4 Å². The first kappa shape index (κ1) is 45.5. The molecule has 60 heavy (non-hydrogen) atoms. The number of hydrogen-bond donors (Lipinski definition) is 4. The number of aliphatic hydroxyl groups excluding tert-OH is 1. The van der Waals surface area contributed by atoms with E-state index in [1.54, 1.807) is 57.2 Å². The summed E-state index contributed by atoms with van der Waals surface area (Å²) in [5.74, 6) is -1.40. The SMILES string of the molecule is CO[C@H]1/C=C\C=C(/C)C(=O)NC2=CC(=O)C(NCCCOc3ccc4c(=O)cc(N5CCOCC5)oc4c3)=C(C[C@@H](C)C[C@H](OC)[C@H](O)[C@@H](C)/C=C(\C)[C@@H]1OC(N)=O)C2=O. The third-order valence-corrected chi connectivity index (χ3v) is 10.7. The molecule has 3 aliphatic rings. The van der Waals surface area contributed by atoms with E-state index in [1.165, 1.54) is 26.4 Å². The second-order valence-corrected chi connectivity index (χ2v) is 15.3. The fraction of sp³-hybridized carbons (Fsp3) is 0.477. The Bertz CT molecular complexity index is 2130. The number of ketones is 2. The summed E-state index contributed by atoms with van der Waals surface area (Å²) in [4.78, 5) is 67.7. The van der Waals surface area contributed by atoms with Gasteiger partial charge in [0.15, 0.2) is 17.4 Å². The second kappa shape index (κ2) is 21.1. The van der Waals surface area contributed by atoms with Gasteiger partial charge < -0.3 is 54.5 Å². The van der Waals surface area contributed by atoms with Crippen LogP contribution in [-0.2, 0) is 33.3 Å². The number of fused-ring (bicyclic) bond motifs is 3. The van der Waals surface area contributed by atoms with Gasteiger partial charge in [-0.3, -0.25) is 19.2 Å². The third kappa shape index (κ3) is 11.6. The molecule has 0 radical (unpaired) electrons. The highest BCUT2D eigenvalue weighted by atomic mass is 16.6. The van der Waals surface area contributed by atoms with Gasteiger partial charge >= 0.3 is 6.09 Å². The number of ether oxygens (including phenoxy) is 5. The normalized spacial score (nSPS) is 27.3. The molecule has 16 nitrogen and oxygen atoms in total. The number of nitrogens with two attached hydrogens (primary N) is 1. The largest absolute Gasteiger partial charge is 0.493 e. The quantitative estimate of drug-likeness (QED) is 0.152. The Labute approximate surface area is 349 Å². The molecule has 1 aromatic heterocycles. The average molecular weight is 833 g/mol. The van der Waals surface area contributed by atoms with E-state index in [9.17, 15) is 29.1 Å². The molecule has 1 fully saturated rings. The predicted molar refractivity (Wildman–Crippen MR) is 223 cm³/mol. The van der Waals surface area contributed by atoms with Gasteiger partial charge in [0.25, 0.3) is 5.91 Å². The fourth-order valence-corrected chi connectivity index (χ4v) is 7.41. The van der Waals surface area contributed by atoms with Crippen molar-refractivity contribution in [2.75, 3.05) is 58.6 Å². The molecule has 0 saturated carbocycles. The van der Waals surface area contributed by atoms with Crippen LogP contribution in [0.25, 0.3) is 11.0 Å². The van der Waals surface area contributed by atoms with Gasteiger partial charge in [-0.25, -0.2) is 4.79 Å². The molecule has 2 bridgehead atoms. The van der Waals surface area contributed by atoms with E-state index in [4.69, 9.17) is 33.8 Å². The molecule has 1 aromatic carbocycles. The summed E-state index contributed by atoms with van der Waals surface area (Å²) in [6.45, 7) is 9.79. The van der Waals surface area contributed by atoms with Gasteiger partial charge in [0, 0.05) is 69.1 Å². The zero-order valence-electron chi connectivity index (χ0n) is 35.0. The van der Waals surface area contributed by atoms with Crippen LogP contribution in [-0.4, -0.2) is 107 Å². The predicted octanol–water partition coefficient (Wildman–Crippen LogP) is 3.76. The van der Waals surface area contributed by atoms with Crippen molar-refractivity contribution < 1.29 is 52.4 Å². The molecule has 6 atom stereocenters. The highest BCUT2D eigenvalue weighted by molar-refractivity contribution is 6.23. The van der Waals surface area contributed by atoms with E-state index in [2.05, 4.69) is 10.6 Å². The van der Waals surface area contributed by atoms with E-state index in [0.29, 0.717) is 67.3 Å². The molecule has 2 amide bonds. The molecule has 3 heterocycles. The number of benzene rings is 1. The minimum Gasteiger partial charge on any atom is -0.493 e. The Morgan fingerprint density at radius 1 is 1.07 bits per heavy atom. The molecule has 324 valence electrons. The van der Waals surface area contributed by atoms with Crippen molar-refractivity contribution in [3.63, 3.8) is 0 Å². The van der Waals surface area contributed by atoms with Crippen LogP contribution in [0.1, 0.15) is 47.0 Å². The number of rotatable bonds is 10. The molecule has 0 unspecified atom stereocenters. The molecule has 0 spiro atoms. The number of carbonyl (C=O) groups excluding carboxylic acids is 4. The summed E-state index contributed by atoms with van der Waals surface area (Å²) in [6, 6.07) is 6.52. The number of nitrogens with zero attached hydrogens (tertiary/aromatic N) is 1. The highest BCUT2D eigenvalue weighted by Crippen LogP contribution is 2.29. The summed E-state index contributed by atoms with van der Waals surface area (Å²) >= 11 is 0. The van der Waals surface area contributed by atoms with Crippen LogP contribution >= 0.6 is 0 Å². The Kier molecular flexibility index (Phi) is 16.0. The van der Waals surface area contributed by atoms with Crippen LogP contribution in [0.5, 0.6) is 5.75 Å². The summed E-state index contributed by atoms with van der Waals surface area (Å²) in [6.07, 6.45) is 3.88. The highest BCUT2D eigenvalue weighted by Gasteiger charge is 2.33. The lowest BCUT2D eigenvalue weighted by atomic mass is 9.85. The standard InChI is InChI=1S/C44H56N4O12/c1-25-19-31-39(46-13-8-16-58-29-11-12-30-33(49)24-38(59-36(30)22-29)48-14-17-57-18-15-48)34(50)23-32(41(31)52)47-43(53)26(2)9-7-10-35(55-5)42(60-44(45)54)28(4)21-27(3)40(51)37(20-25)56-6/h7,9-12,21-25,27,35,37,40,42,46,51H,8,13-20H2,1-6H3,(H2,45,54)(H,47,53)/b10-7-,26-9+,28-21+/t25-,27+,35+,37+,40-,42+/m1/s1. The van der Waals surface area contributed by atoms with Crippen molar-refractivity contribution in [2.24, 2.45) is 17.6 Å². The van der Waals surface area contributed by atoms with Crippen molar-refractivity contribution in [3.05, 3.63) is 93.0 Å². The maximum atomic E-state index is 14.1. The first-order valence-corrected chi connectivity index (χ1v) is 20.1. The van der Waals surface area contributed by atoms with Crippen molar-refractivity contribution in [3.8, 4) is 5.75 Å². The number of nitrogens with one attached hydrogen (secondary N) is 2. The van der Waals surface area contributed by atoms with Crippen LogP contribution in [0.4, 0.5) is 10.7 Å². The molecule has 1 aliphatic carbocycles. The number of Topliss-reactive ketones (excluding diaryl/α,β-unsaturated/α-hetero) is 1. The van der Waals surface area contributed by atoms with Crippen LogP contribution in [0.3, 0.4) is 0 Å². The minimum absolute atomic E-state index is 0.113. The van der Waals surface area contributed by atoms with E-state index >= 15 is 0 Å². The Morgan fingerprint density at radius 2 is 1.82 bits per heavy atom. The zero-order chi connectivity index (χ0) is 43.5. The van der Waals surface area contributed by atoms with Crippen LogP contribution in [0, 0.1) is 11.8 Å². The van der Waals surface area contributed by atoms with Gasteiger partial charge in [-0.05, 0) is 56.7 Å². The number of amides is 2. The third-order valence-electron chi connectivity index (χ3n) is 10.7. The van der Waals surface area contributed by atoms with Crippen LogP contribution in [0.2, 0.25) is 0 Å². The van der Waals surface area contributed by atoms with Crippen molar-refractivity contribution in [1.82, 2.24) is 10.6 Å². The lowest BCUT2D eigenvalue weighted by molar-refractivity contribution is -0.120. The summed E-state index contributed by atoms with van der Waals surface area (Å²) in [7, 11) is 2.91. The minimum atomic E-state index is -1.02. The van der Waals surface area contributed by atoms with E-state index < -0.39 is 53.9 Å². The average Bonchev–Trinajstić information content (AvgIpc) is 3.22.